The normalized spacial score (nSPS) is 22.4. The van der Waals surface area contributed by atoms with Gasteiger partial charge in [0.1, 0.15) is 0 Å². The second kappa shape index (κ2) is 5.30. The van der Waals surface area contributed by atoms with E-state index in [1.165, 1.54) is 38.5 Å². The van der Waals surface area contributed by atoms with Crippen molar-refractivity contribution in [3.63, 3.8) is 0 Å². The van der Waals surface area contributed by atoms with Crippen molar-refractivity contribution in [1.29, 1.82) is 0 Å². The fourth-order valence-corrected chi connectivity index (χ4v) is 3.87. The molecule has 2 aliphatic rings. The van der Waals surface area contributed by atoms with Crippen LogP contribution in [-0.2, 0) is 0 Å². The second-order valence-electron chi connectivity index (χ2n) is 6.38. The van der Waals surface area contributed by atoms with E-state index in [0.29, 0.717) is 11.1 Å². The fourth-order valence-electron chi connectivity index (χ4n) is 3.87. The van der Waals surface area contributed by atoms with Crippen molar-refractivity contribution in [1.82, 2.24) is 0 Å². The van der Waals surface area contributed by atoms with Gasteiger partial charge in [-0.15, -0.1) is 0 Å². The Morgan fingerprint density at radius 2 is 1.45 bits per heavy atom. The van der Waals surface area contributed by atoms with Crippen LogP contribution in [0, 0.1) is 22.9 Å². The summed E-state index contributed by atoms with van der Waals surface area (Å²) < 4.78 is 39.3. The molecule has 4 heteroatoms. The average Bonchev–Trinajstić information content (AvgIpc) is 2.87. The van der Waals surface area contributed by atoms with Crippen LogP contribution < -0.4 is 5.32 Å². The van der Waals surface area contributed by atoms with E-state index in [2.05, 4.69) is 5.32 Å². The summed E-state index contributed by atoms with van der Waals surface area (Å²) in [4.78, 5) is 0. The predicted octanol–water partition coefficient (Wildman–Crippen LogP) is 5.02. The Morgan fingerprint density at radius 3 is 2.00 bits per heavy atom. The summed E-state index contributed by atoms with van der Waals surface area (Å²) in [5.41, 5.74) is 0.881. The molecule has 0 radical (unpaired) electrons. The molecule has 0 amide bonds. The van der Waals surface area contributed by atoms with Gasteiger partial charge in [-0.05, 0) is 43.9 Å². The molecule has 0 aliphatic heterocycles. The number of halogens is 3. The summed E-state index contributed by atoms with van der Waals surface area (Å²) in [7, 11) is 0. The third-order valence-corrected chi connectivity index (χ3v) is 5.07. The molecular weight excluding hydrogens is 263 g/mol. The lowest BCUT2D eigenvalue weighted by Crippen LogP contribution is -2.31. The van der Waals surface area contributed by atoms with Gasteiger partial charge >= 0.3 is 0 Å². The number of hydrogen-bond donors (Lipinski definition) is 1. The standard InChI is InChI=1S/C16H20F3N/c17-13-9-12(10-14(18)15(13)19)20-11-3-7-16(8-4-11)5-1-2-6-16/h9-11,20H,1-8H2. The van der Waals surface area contributed by atoms with Crippen LogP contribution in [0.15, 0.2) is 12.1 Å². The highest BCUT2D eigenvalue weighted by atomic mass is 19.2. The molecule has 0 aromatic heterocycles. The van der Waals surface area contributed by atoms with Gasteiger partial charge in [0.05, 0.1) is 0 Å². The molecular formula is C16H20F3N. The highest BCUT2D eigenvalue weighted by Gasteiger charge is 2.37. The molecule has 110 valence electrons. The Kier molecular flexibility index (Phi) is 3.65. The van der Waals surface area contributed by atoms with Crippen LogP contribution in [-0.4, -0.2) is 6.04 Å². The van der Waals surface area contributed by atoms with Crippen molar-refractivity contribution in [2.75, 3.05) is 5.32 Å². The monoisotopic (exact) mass is 283 g/mol. The predicted molar refractivity (Wildman–Crippen MR) is 73.1 cm³/mol. The first kappa shape index (κ1) is 13.8. The SMILES string of the molecule is Fc1cc(NC2CCC3(CCCC3)CC2)cc(F)c1F. The molecule has 0 unspecified atom stereocenters. The first-order valence-corrected chi connectivity index (χ1v) is 7.49. The summed E-state index contributed by atoms with van der Waals surface area (Å²) in [6, 6.07) is 2.32. The van der Waals surface area contributed by atoms with Gasteiger partial charge in [-0.25, -0.2) is 13.2 Å². The van der Waals surface area contributed by atoms with Crippen LogP contribution >= 0.6 is 0 Å². The zero-order chi connectivity index (χ0) is 14.2. The molecule has 1 nitrogen and oxygen atoms in total. The van der Waals surface area contributed by atoms with Gasteiger partial charge in [0.25, 0.3) is 0 Å². The number of nitrogens with one attached hydrogen (secondary N) is 1. The molecule has 0 atom stereocenters. The second-order valence-corrected chi connectivity index (χ2v) is 6.38. The lowest BCUT2D eigenvalue weighted by molar-refractivity contribution is 0.188. The summed E-state index contributed by atoms with van der Waals surface area (Å²) in [5, 5.41) is 3.15. The van der Waals surface area contributed by atoms with Gasteiger partial charge in [0.15, 0.2) is 17.5 Å². The Hall–Kier alpha value is -1.19. The molecule has 0 saturated heterocycles. The van der Waals surface area contributed by atoms with E-state index >= 15 is 0 Å². The van der Waals surface area contributed by atoms with Crippen LogP contribution in [0.4, 0.5) is 18.9 Å². The average molecular weight is 283 g/mol. The Morgan fingerprint density at radius 1 is 0.900 bits per heavy atom. The number of hydrogen-bond acceptors (Lipinski definition) is 1. The van der Waals surface area contributed by atoms with E-state index in [0.717, 1.165) is 25.0 Å². The minimum absolute atomic E-state index is 0.241. The highest BCUT2D eigenvalue weighted by molar-refractivity contribution is 5.45. The quantitative estimate of drug-likeness (QED) is 0.751. The fraction of sp³-hybridized carbons (Fsp3) is 0.625. The van der Waals surface area contributed by atoms with Crippen LogP contribution in [0.25, 0.3) is 0 Å². The van der Waals surface area contributed by atoms with Crippen molar-refractivity contribution in [3.05, 3.63) is 29.6 Å². The smallest absolute Gasteiger partial charge is 0.194 e. The van der Waals surface area contributed by atoms with Crippen LogP contribution in [0.3, 0.4) is 0 Å². The molecule has 1 N–H and O–H groups in total. The van der Waals surface area contributed by atoms with Crippen molar-refractivity contribution in [2.24, 2.45) is 5.41 Å². The molecule has 1 aromatic carbocycles. The van der Waals surface area contributed by atoms with E-state index in [-0.39, 0.29) is 6.04 Å². The molecule has 0 heterocycles. The molecule has 0 bridgehead atoms. The lowest BCUT2D eigenvalue weighted by atomic mass is 9.71. The summed E-state index contributed by atoms with van der Waals surface area (Å²) in [6.45, 7) is 0. The molecule has 3 rings (SSSR count). The molecule has 2 saturated carbocycles. The van der Waals surface area contributed by atoms with Gasteiger partial charge in [0.2, 0.25) is 0 Å². The zero-order valence-electron chi connectivity index (χ0n) is 11.5. The maximum Gasteiger partial charge on any atom is 0.194 e. The Balaban J connectivity index is 1.62. The topological polar surface area (TPSA) is 12.0 Å². The number of benzene rings is 1. The molecule has 20 heavy (non-hydrogen) atoms. The van der Waals surface area contributed by atoms with E-state index in [4.69, 9.17) is 0 Å². The van der Waals surface area contributed by atoms with Gasteiger partial charge < -0.3 is 5.32 Å². The van der Waals surface area contributed by atoms with E-state index < -0.39 is 17.5 Å². The van der Waals surface area contributed by atoms with Crippen molar-refractivity contribution in [2.45, 2.75) is 57.4 Å². The van der Waals surface area contributed by atoms with Crippen molar-refractivity contribution < 1.29 is 13.2 Å². The zero-order valence-corrected chi connectivity index (χ0v) is 11.5. The first-order valence-electron chi connectivity index (χ1n) is 7.49. The van der Waals surface area contributed by atoms with Gasteiger partial charge in [0, 0.05) is 23.9 Å². The highest BCUT2D eigenvalue weighted by Crippen LogP contribution is 2.49. The number of anilines is 1. The van der Waals surface area contributed by atoms with Crippen LogP contribution in [0.2, 0.25) is 0 Å². The van der Waals surface area contributed by atoms with Crippen LogP contribution in [0.1, 0.15) is 51.4 Å². The van der Waals surface area contributed by atoms with Crippen LogP contribution in [0.5, 0.6) is 0 Å². The Bertz CT molecular complexity index is 461. The van der Waals surface area contributed by atoms with Gasteiger partial charge in [-0.3, -0.25) is 0 Å². The van der Waals surface area contributed by atoms with E-state index in [1.54, 1.807) is 0 Å². The Labute approximate surface area is 117 Å². The molecule has 1 aromatic rings. The van der Waals surface area contributed by atoms with Crippen molar-refractivity contribution >= 4 is 5.69 Å². The maximum atomic E-state index is 13.2. The largest absolute Gasteiger partial charge is 0.382 e. The van der Waals surface area contributed by atoms with E-state index in [1.807, 2.05) is 0 Å². The maximum absolute atomic E-state index is 13.2. The van der Waals surface area contributed by atoms with Crippen molar-refractivity contribution in [3.8, 4) is 0 Å². The lowest BCUT2D eigenvalue weighted by Gasteiger charge is -2.37. The summed E-state index contributed by atoms with van der Waals surface area (Å²) in [6.07, 6.45) is 9.78. The van der Waals surface area contributed by atoms with E-state index in [9.17, 15) is 13.2 Å². The molecule has 2 fully saturated rings. The summed E-state index contributed by atoms with van der Waals surface area (Å²) >= 11 is 0. The van der Waals surface area contributed by atoms with Gasteiger partial charge in [-0.1, -0.05) is 12.8 Å². The minimum atomic E-state index is -1.40. The molecule has 1 spiro atoms. The molecule has 2 aliphatic carbocycles. The first-order chi connectivity index (χ1) is 9.58. The minimum Gasteiger partial charge on any atom is -0.382 e. The third-order valence-electron chi connectivity index (χ3n) is 5.07. The van der Waals surface area contributed by atoms with Gasteiger partial charge in [-0.2, -0.15) is 0 Å². The third kappa shape index (κ3) is 2.65. The summed E-state index contributed by atoms with van der Waals surface area (Å²) in [5.74, 6) is -3.66. The number of rotatable bonds is 2.